The van der Waals surface area contributed by atoms with Gasteiger partial charge in [0, 0.05) is 11.4 Å². The lowest BCUT2D eigenvalue weighted by Crippen LogP contribution is -2.42. The van der Waals surface area contributed by atoms with Crippen LogP contribution in [0.1, 0.15) is 15.9 Å². The average Bonchev–Trinajstić information content (AvgIpc) is 2.47. The third kappa shape index (κ3) is 4.23. The van der Waals surface area contributed by atoms with Crippen molar-refractivity contribution in [2.45, 2.75) is 12.5 Å². The Hall–Kier alpha value is -2.04. The molecular weight excluding hydrogens is 325 g/mol. The monoisotopic (exact) mass is 337 g/mol. The van der Waals surface area contributed by atoms with Gasteiger partial charge in [0.15, 0.2) is 0 Å². The Morgan fingerprint density at radius 3 is 2.36 bits per heavy atom. The topological polar surface area (TPSA) is 66.4 Å². The lowest BCUT2D eigenvalue weighted by atomic mass is 10.1. The summed E-state index contributed by atoms with van der Waals surface area (Å²) in [5.41, 5.74) is 1.00. The molecule has 2 aromatic rings. The summed E-state index contributed by atoms with van der Waals surface area (Å²) >= 11 is 11.7. The van der Waals surface area contributed by atoms with Crippen LogP contribution in [0.3, 0.4) is 0 Å². The Morgan fingerprint density at radius 1 is 1.09 bits per heavy atom. The summed E-state index contributed by atoms with van der Waals surface area (Å²) in [6.07, 6.45) is 0.188. The smallest absolute Gasteiger partial charge is 0.326 e. The number of carbonyl (C=O) groups is 2. The number of carboxylic acid groups (broad SMARTS) is 1. The molecule has 2 aromatic carbocycles. The number of rotatable bonds is 5. The zero-order chi connectivity index (χ0) is 16.1. The highest BCUT2D eigenvalue weighted by Crippen LogP contribution is 2.21. The number of benzene rings is 2. The van der Waals surface area contributed by atoms with Gasteiger partial charge in [-0.3, -0.25) is 4.79 Å². The molecule has 2 N–H and O–H groups in total. The van der Waals surface area contributed by atoms with Crippen LogP contribution in [-0.4, -0.2) is 23.0 Å². The number of carbonyl (C=O) groups excluding carboxylic acids is 1. The van der Waals surface area contributed by atoms with Crippen molar-refractivity contribution >= 4 is 35.1 Å². The first-order valence-corrected chi connectivity index (χ1v) is 7.25. The second-order valence-electron chi connectivity index (χ2n) is 4.68. The summed E-state index contributed by atoms with van der Waals surface area (Å²) in [6.45, 7) is 0. The van der Waals surface area contributed by atoms with Crippen LogP contribution in [-0.2, 0) is 11.2 Å². The fourth-order valence-corrected chi connectivity index (χ4v) is 2.45. The summed E-state index contributed by atoms with van der Waals surface area (Å²) < 4.78 is 0. The van der Waals surface area contributed by atoms with Crippen molar-refractivity contribution in [1.82, 2.24) is 5.32 Å². The van der Waals surface area contributed by atoms with Gasteiger partial charge in [-0.1, -0.05) is 53.5 Å². The molecule has 6 heteroatoms. The zero-order valence-electron chi connectivity index (χ0n) is 11.4. The summed E-state index contributed by atoms with van der Waals surface area (Å²) in [5, 5.41) is 12.3. The largest absolute Gasteiger partial charge is 0.480 e. The van der Waals surface area contributed by atoms with E-state index in [1.165, 1.54) is 18.2 Å². The van der Waals surface area contributed by atoms with E-state index in [-0.39, 0.29) is 17.0 Å². The molecule has 0 bridgehead atoms. The van der Waals surface area contributed by atoms with E-state index in [1.54, 1.807) is 12.1 Å². The molecule has 1 atom stereocenters. The molecule has 0 heterocycles. The lowest BCUT2D eigenvalue weighted by Gasteiger charge is -2.15. The highest BCUT2D eigenvalue weighted by molar-refractivity contribution is 6.36. The maximum absolute atomic E-state index is 12.2. The fourth-order valence-electron chi connectivity index (χ4n) is 1.96. The molecule has 0 aliphatic heterocycles. The molecule has 4 nitrogen and oxygen atoms in total. The molecule has 0 saturated carbocycles. The quantitative estimate of drug-likeness (QED) is 0.878. The van der Waals surface area contributed by atoms with E-state index >= 15 is 0 Å². The van der Waals surface area contributed by atoms with E-state index in [0.29, 0.717) is 5.02 Å². The first-order chi connectivity index (χ1) is 10.5. The van der Waals surface area contributed by atoms with Crippen molar-refractivity contribution in [3.05, 3.63) is 69.7 Å². The molecule has 0 fully saturated rings. The summed E-state index contributed by atoms with van der Waals surface area (Å²) in [6, 6.07) is 12.4. The number of hydrogen-bond acceptors (Lipinski definition) is 2. The highest BCUT2D eigenvalue weighted by atomic mass is 35.5. The highest BCUT2D eigenvalue weighted by Gasteiger charge is 2.22. The van der Waals surface area contributed by atoms with Crippen molar-refractivity contribution in [2.24, 2.45) is 0 Å². The van der Waals surface area contributed by atoms with Crippen molar-refractivity contribution in [2.75, 3.05) is 0 Å². The SMILES string of the molecule is O=C(N[C@@H](Cc1ccccc1)C(=O)O)c1ccc(Cl)cc1Cl. The maximum Gasteiger partial charge on any atom is 0.326 e. The van der Waals surface area contributed by atoms with Gasteiger partial charge in [-0.05, 0) is 23.8 Å². The predicted molar refractivity (Wildman–Crippen MR) is 85.5 cm³/mol. The first kappa shape index (κ1) is 16.3. The molecule has 0 aliphatic carbocycles. The molecule has 114 valence electrons. The Bertz CT molecular complexity index is 689. The van der Waals surface area contributed by atoms with Gasteiger partial charge in [0.2, 0.25) is 0 Å². The Labute approximate surface area is 137 Å². The van der Waals surface area contributed by atoms with Crippen LogP contribution in [0.25, 0.3) is 0 Å². The Kier molecular flexibility index (Phi) is 5.41. The number of hydrogen-bond donors (Lipinski definition) is 2. The minimum absolute atomic E-state index is 0.175. The average molecular weight is 338 g/mol. The lowest BCUT2D eigenvalue weighted by molar-refractivity contribution is -0.139. The Balaban J connectivity index is 2.14. The van der Waals surface area contributed by atoms with Crippen LogP contribution >= 0.6 is 23.2 Å². The van der Waals surface area contributed by atoms with E-state index in [1.807, 2.05) is 18.2 Å². The van der Waals surface area contributed by atoms with Crippen molar-refractivity contribution in [3.63, 3.8) is 0 Å². The standard InChI is InChI=1S/C16H13Cl2NO3/c17-11-6-7-12(13(18)9-11)15(20)19-14(16(21)22)8-10-4-2-1-3-5-10/h1-7,9,14H,8H2,(H,19,20)(H,21,22)/t14-/m0/s1. The van der Waals surface area contributed by atoms with Crippen molar-refractivity contribution < 1.29 is 14.7 Å². The number of carboxylic acids is 1. The second-order valence-corrected chi connectivity index (χ2v) is 5.52. The number of aliphatic carboxylic acids is 1. The molecule has 0 radical (unpaired) electrons. The molecular formula is C16H13Cl2NO3. The second kappa shape index (κ2) is 7.29. The van der Waals surface area contributed by atoms with Gasteiger partial charge in [0.05, 0.1) is 10.6 Å². The summed E-state index contributed by atoms with van der Waals surface area (Å²) in [5.74, 6) is -1.66. The number of amides is 1. The van der Waals surface area contributed by atoms with Crippen molar-refractivity contribution in [1.29, 1.82) is 0 Å². The van der Waals surface area contributed by atoms with Gasteiger partial charge >= 0.3 is 5.97 Å². The maximum atomic E-state index is 12.2. The van der Waals surface area contributed by atoms with Crippen LogP contribution in [0.5, 0.6) is 0 Å². The molecule has 1 amide bonds. The van der Waals surface area contributed by atoms with Crippen LogP contribution in [0.15, 0.2) is 48.5 Å². The van der Waals surface area contributed by atoms with Gasteiger partial charge in [-0.2, -0.15) is 0 Å². The molecule has 2 rings (SSSR count). The molecule has 0 unspecified atom stereocenters. The van der Waals surface area contributed by atoms with Crippen LogP contribution in [0.4, 0.5) is 0 Å². The van der Waals surface area contributed by atoms with Gasteiger partial charge < -0.3 is 10.4 Å². The number of halogens is 2. The third-order valence-electron chi connectivity index (χ3n) is 3.06. The van der Waals surface area contributed by atoms with E-state index in [0.717, 1.165) is 5.56 Å². The van der Waals surface area contributed by atoms with Crippen LogP contribution in [0, 0.1) is 0 Å². The molecule has 22 heavy (non-hydrogen) atoms. The van der Waals surface area contributed by atoms with Crippen LogP contribution in [0.2, 0.25) is 10.0 Å². The predicted octanol–water partition coefficient (Wildman–Crippen LogP) is 3.42. The summed E-state index contributed by atoms with van der Waals surface area (Å²) in [7, 11) is 0. The van der Waals surface area contributed by atoms with Gasteiger partial charge in [-0.25, -0.2) is 4.79 Å². The van der Waals surface area contributed by atoms with E-state index in [4.69, 9.17) is 23.2 Å². The normalized spacial score (nSPS) is 11.7. The van der Waals surface area contributed by atoms with E-state index < -0.39 is 17.9 Å². The first-order valence-electron chi connectivity index (χ1n) is 6.50. The molecule has 0 spiro atoms. The fraction of sp³-hybridized carbons (Fsp3) is 0.125. The minimum atomic E-state index is -1.11. The minimum Gasteiger partial charge on any atom is -0.480 e. The molecule has 0 saturated heterocycles. The number of nitrogens with one attached hydrogen (secondary N) is 1. The molecule has 0 aliphatic rings. The van der Waals surface area contributed by atoms with Gasteiger partial charge in [0.1, 0.15) is 6.04 Å². The zero-order valence-corrected chi connectivity index (χ0v) is 12.9. The van der Waals surface area contributed by atoms with E-state index in [2.05, 4.69) is 5.32 Å². The third-order valence-corrected chi connectivity index (χ3v) is 3.61. The van der Waals surface area contributed by atoms with Crippen molar-refractivity contribution in [3.8, 4) is 0 Å². The summed E-state index contributed by atoms with van der Waals surface area (Å²) in [4.78, 5) is 23.5. The van der Waals surface area contributed by atoms with Gasteiger partial charge in [0.25, 0.3) is 5.91 Å². The van der Waals surface area contributed by atoms with Gasteiger partial charge in [-0.15, -0.1) is 0 Å². The van der Waals surface area contributed by atoms with Crippen LogP contribution < -0.4 is 5.32 Å². The molecule has 0 aromatic heterocycles. The van der Waals surface area contributed by atoms with E-state index in [9.17, 15) is 14.7 Å². The Morgan fingerprint density at radius 2 is 1.77 bits per heavy atom.